The SMILES string of the molecule is Cc1c(COc2ccccc2)nn2c1CN(C(=O)c1ccccc1F)CC2. The van der Waals surface area contributed by atoms with Crippen LogP contribution in [0, 0.1) is 12.7 Å². The Bertz CT molecular complexity index is 969. The number of aromatic nitrogens is 2. The molecule has 0 saturated heterocycles. The number of carbonyl (C=O) groups excluding carboxylic acids is 1. The number of fused-ring (bicyclic) bond motifs is 1. The van der Waals surface area contributed by atoms with Crippen molar-refractivity contribution in [3.8, 4) is 5.75 Å². The lowest BCUT2D eigenvalue weighted by molar-refractivity contribution is 0.0701. The Kier molecular flexibility index (Phi) is 4.62. The van der Waals surface area contributed by atoms with Crippen molar-refractivity contribution in [3.63, 3.8) is 0 Å². The molecule has 1 aromatic heterocycles. The highest BCUT2D eigenvalue weighted by molar-refractivity contribution is 5.94. The lowest BCUT2D eigenvalue weighted by Gasteiger charge is -2.28. The van der Waals surface area contributed by atoms with Crippen LogP contribution in [0.5, 0.6) is 5.75 Å². The van der Waals surface area contributed by atoms with Gasteiger partial charge in [-0.1, -0.05) is 30.3 Å². The van der Waals surface area contributed by atoms with Gasteiger partial charge < -0.3 is 9.64 Å². The summed E-state index contributed by atoms with van der Waals surface area (Å²) in [5.74, 6) is 0.0107. The van der Waals surface area contributed by atoms with E-state index in [-0.39, 0.29) is 11.5 Å². The summed E-state index contributed by atoms with van der Waals surface area (Å²) < 4.78 is 21.7. The maximum atomic E-state index is 14.0. The standard InChI is InChI=1S/C21H20FN3O2/c1-15-19(14-27-16-7-3-2-4-8-16)23-25-12-11-24(13-20(15)25)21(26)17-9-5-6-10-18(17)22/h2-10H,11-14H2,1H3. The van der Waals surface area contributed by atoms with E-state index in [0.717, 1.165) is 22.7 Å². The molecule has 138 valence electrons. The Morgan fingerprint density at radius 3 is 2.63 bits per heavy atom. The van der Waals surface area contributed by atoms with Crippen molar-refractivity contribution in [2.75, 3.05) is 6.54 Å². The van der Waals surface area contributed by atoms with Gasteiger partial charge in [-0.05, 0) is 36.8 Å². The van der Waals surface area contributed by atoms with E-state index >= 15 is 0 Å². The molecule has 0 unspecified atom stereocenters. The highest BCUT2D eigenvalue weighted by atomic mass is 19.1. The fraction of sp³-hybridized carbons (Fsp3) is 0.238. The van der Waals surface area contributed by atoms with E-state index in [4.69, 9.17) is 4.74 Å². The number of halogens is 1. The Hall–Kier alpha value is -3.15. The summed E-state index contributed by atoms with van der Waals surface area (Å²) in [5, 5.41) is 4.63. The zero-order valence-corrected chi connectivity index (χ0v) is 15.1. The van der Waals surface area contributed by atoms with Gasteiger partial charge in [0.2, 0.25) is 0 Å². The van der Waals surface area contributed by atoms with Crippen LogP contribution in [-0.4, -0.2) is 27.1 Å². The van der Waals surface area contributed by atoms with Crippen LogP contribution >= 0.6 is 0 Å². The molecule has 27 heavy (non-hydrogen) atoms. The van der Waals surface area contributed by atoms with Crippen LogP contribution < -0.4 is 4.74 Å². The third-order valence-corrected chi connectivity index (χ3v) is 4.85. The molecule has 0 radical (unpaired) electrons. The second-order valence-corrected chi connectivity index (χ2v) is 6.55. The number of para-hydroxylation sites is 1. The summed E-state index contributed by atoms with van der Waals surface area (Å²) in [4.78, 5) is 14.4. The van der Waals surface area contributed by atoms with E-state index in [2.05, 4.69) is 5.10 Å². The van der Waals surface area contributed by atoms with Gasteiger partial charge in [0.25, 0.3) is 5.91 Å². The lowest BCUT2D eigenvalue weighted by Crippen LogP contribution is -2.39. The van der Waals surface area contributed by atoms with Crippen LogP contribution in [0.3, 0.4) is 0 Å². The Labute approximate surface area is 157 Å². The number of amides is 1. The molecule has 1 amide bonds. The normalized spacial score (nSPS) is 13.3. The zero-order valence-electron chi connectivity index (χ0n) is 15.1. The van der Waals surface area contributed by atoms with Gasteiger partial charge in [-0.25, -0.2) is 4.39 Å². The lowest BCUT2D eigenvalue weighted by atomic mass is 10.1. The van der Waals surface area contributed by atoms with Gasteiger partial charge in [-0.3, -0.25) is 9.48 Å². The van der Waals surface area contributed by atoms with Gasteiger partial charge in [-0.15, -0.1) is 0 Å². The molecule has 0 bridgehead atoms. The van der Waals surface area contributed by atoms with E-state index in [1.807, 2.05) is 41.9 Å². The molecule has 5 nitrogen and oxygen atoms in total. The second-order valence-electron chi connectivity index (χ2n) is 6.55. The maximum Gasteiger partial charge on any atom is 0.257 e. The maximum absolute atomic E-state index is 14.0. The molecule has 0 saturated carbocycles. The molecule has 1 aliphatic heterocycles. The van der Waals surface area contributed by atoms with E-state index < -0.39 is 5.82 Å². The monoisotopic (exact) mass is 365 g/mol. The molecule has 2 aromatic carbocycles. The summed E-state index contributed by atoms with van der Waals surface area (Å²) in [6, 6.07) is 15.7. The number of nitrogens with zero attached hydrogens (tertiary/aromatic N) is 3. The van der Waals surface area contributed by atoms with Crippen molar-refractivity contribution >= 4 is 5.91 Å². The second kappa shape index (κ2) is 7.23. The average molecular weight is 365 g/mol. The minimum absolute atomic E-state index is 0.107. The van der Waals surface area contributed by atoms with Crippen LogP contribution in [0.2, 0.25) is 0 Å². The van der Waals surface area contributed by atoms with E-state index in [9.17, 15) is 9.18 Å². The molecule has 0 spiro atoms. The number of hydrogen-bond acceptors (Lipinski definition) is 3. The number of carbonyl (C=O) groups is 1. The van der Waals surface area contributed by atoms with Crippen molar-refractivity contribution < 1.29 is 13.9 Å². The molecule has 0 aliphatic carbocycles. The van der Waals surface area contributed by atoms with Crippen molar-refractivity contribution in [3.05, 3.63) is 82.9 Å². The first kappa shape index (κ1) is 17.3. The smallest absolute Gasteiger partial charge is 0.257 e. The number of hydrogen-bond donors (Lipinski definition) is 0. The van der Waals surface area contributed by atoms with Gasteiger partial charge in [0.15, 0.2) is 0 Å². The first-order chi connectivity index (χ1) is 13.1. The number of benzene rings is 2. The average Bonchev–Trinajstić information content (AvgIpc) is 3.02. The molecule has 2 heterocycles. The fourth-order valence-electron chi connectivity index (χ4n) is 3.29. The fourth-order valence-corrected chi connectivity index (χ4v) is 3.29. The van der Waals surface area contributed by atoms with Gasteiger partial charge in [-0.2, -0.15) is 5.10 Å². The molecule has 0 atom stereocenters. The molecule has 0 N–H and O–H groups in total. The molecule has 6 heteroatoms. The Balaban J connectivity index is 1.50. The minimum Gasteiger partial charge on any atom is -0.487 e. The third-order valence-electron chi connectivity index (χ3n) is 4.85. The molecular weight excluding hydrogens is 345 g/mol. The molecule has 0 fully saturated rings. The van der Waals surface area contributed by atoms with Crippen LogP contribution in [0.4, 0.5) is 4.39 Å². The third kappa shape index (κ3) is 3.43. The first-order valence-electron chi connectivity index (χ1n) is 8.90. The number of rotatable bonds is 4. The predicted molar refractivity (Wildman–Crippen MR) is 98.9 cm³/mol. The van der Waals surface area contributed by atoms with Crippen molar-refractivity contribution in [1.82, 2.24) is 14.7 Å². The summed E-state index contributed by atoms with van der Waals surface area (Å²) in [6.45, 7) is 3.86. The van der Waals surface area contributed by atoms with Crippen LogP contribution in [0.1, 0.15) is 27.3 Å². The van der Waals surface area contributed by atoms with Gasteiger partial charge >= 0.3 is 0 Å². The molecule has 1 aliphatic rings. The van der Waals surface area contributed by atoms with Crippen LogP contribution in [-0.2, 0) is 19.7 Å². The van der Waals surface area contributed by atoms with Crippen LogP contribution in [0.25, 0.3) is 0 Å². The minimum atomic E-state index is -0.491. The van der Waals surface area contributed by atoms with E-state index in [1.165, 1.54) is 12.1 Å². The Morgan fingerprint density at radius 1 is 1.11 bits per heavy atom. The first-order valence-corrected chi connectivity index (χ1v) is 8.90. The highest BCUT2D eigenvalue weighted by Crippen LogP contribution is 2.23. The largest absolute Gasteiger partial charge is 0.487 e. The topological polar surface area (TPSA) is 47.4 Å². The van der Waals surface area contributed by atoms with Gasteiger partial charge in [0, 0.05) is 6.54 Å². The zero-order chi connectivity index (χ0) is 18.8. The summed E-state index contributed by atoms with van der Waals surface area (Å²) >= 11 is 0. The molecular formula is C21H20FN3O2. The molecule has 3 aromatic rings. The van der Waals surface area contributed by atoms with Gasteiger partial charge in [0.1, 0.15) is 23.9 Å². The van der Waals surface area contributed by atoms with Crippen molar-refractivity contribution in [1.29, 1.82) is 0 Å². The van der Waals surface area contributed by atoms with Crippen molar-refractivity contribution in [2.24, 2.45) is 0 Å². The number of ether oxygens (including phenoxy) is 1. The summed E-state index contributed by atoms with van der Waals surface area (Å²) in [6.07, 6.45) is 0. The summed E-state index contributed by atoms with van der Waals surface area (Å²) in [7, 11) is 0. The molecule has 4 rings (SSSR count). The van der Waals surface area contributed by atoms with Gasteiger partial charge in [0.05, 0.1) is 24.3 Å². The van der Waals surface area contributed by atoms with E-state index in [0.29, 0.717) is 26.2 Å². The van der Waals surface area contributed by atoms with E-state index in [1.54, 1.807) is 17.0 Å². The predicted octanol–water partition coefficient (Wildman–Crippen LogP) is 3.57. The van der Waals surface area contributed by atoms with Crippen LogP contribution in [0.15, 0.2) is 54.6 Å². The van der Waals surface area contributed by atoms with Crippen molar-refractivity contribution in [2.45, 2.75) is 26.6 Å². The summed E-state index contributed by atoms with van der Waals surface area (Å²) in [5.41, 5.74) is 2.94. The quantitative estimate of drug-likeness (QED) is 0.710. The Morgan fingerprint density at radius 2 is 1.85 bits per heavy atom. The highest BCUT2D eigenvalue weighted by Gasteiger charge is 2.27.